The Labute approximate surface area is 77.5 Å². The second kappa shape index (κ2) is 3.34. The van der Waals surface area contributed by atoms with Gasteiger partial charge in [0.05, 0.1) is 5.02 Å². The van der Waals surface area contributed by atoms with Gasteiger partial charge in [-0.15, -0.1) is 0 Å². The van der Waals surface area contributed by atoms with Crippen molar-refractivity contribution in [3.8, 4) is 0 Å². The van der Waals surface area contributed by atoms with Crippen molar-refractivity contribution < 1.29 is 4.79 Å². The van der Waals surface area contributed by atoms with Gasteiger partial charge in [0.2, 0.25) is 0 Å². The molecule has 1 aromatic carbocycles. The Morgan fingerprint density at radius 3 is 2.70 bits per heavy atom. The maximum Gasteiger partial charge on any atom is 0.150 e. The molecule has 0 saturated carbocycles. The zero-order chi connectivity index (χ0) is 7.56. The maximum atomic E-state index is 10.2. The lowest BCUT2D eigenvalue weighted by molar-refractivity contribution is 0.112. The van der Waals surface area contributed by atoms with Crippen molar-refractivity contribution in [3.05, 3.63) is 32.4 Å². The summed E-state index contributed by atoms with van der Waals surface area (Å²) in [5.41, 5.74) is 0.616. The van der Waals surface area contributed by atoms with E-state index < -0.39 is 0 Å². The number of carbonyl (C=O) groups excluding carboxylic acids is 1. The number of hydrogen-bond acceptors (Lipinski definition) is 1. The van der Waals surface area contributed by atoms with Gasteiger partial charge in [0, 0.05) is 9.13 Å². The molecule has 0 aliphatic rings. The highest BCUT2D eigenvalue weighted by Gasteiger charge is 1.95. The molecule has 0 unspecified atom stereocenters. The minimum Gasteiger partial charge on any atom is -0.298 e. The molecular formula is C7H4ClIO. The third kappa shape index (κ3) is 1.70. The third-order valence-corrected chi connectivity index (χ3v) is 2.65. The van der Waals surface area contributed by atoms with Crippen molar-refractivity contribution in [2.45, 2.75) is 0 Å². The number of halogens is 2. The van der Waals surface area contributed by atoms with Gasteiger partial charge in [0.15, 0.2) is 0 Å². The molecule has 3 heteroatoms. The largest absolute Gasteiger partial charge is 0.298 e. The monoisotopic (exact) mass is 266 g/mol. The van der Waals surface area contributed by atoms with Crippen LogP contribution in [0.25, 0.3) is 0 Å². The van der Waals surface area contributed by atoms with Gasteiger partial charge in [-0.2, -0.15) is 0 Å². The Balaban J connectivity index is 3.16. The van der Waals surface area contributed by atoms with Crippen molar-refractivity contribution in [1.29, 1.82) is 0 Å². The zero-order valence-electron chi connectivity index (χ0n) is 4.97. The lowest BCUT2D eigenvalue weighted by atomic mass is 10.2. The highest BCUT2D eigenvalue weighted by molar-refractivity contribution is 14.1. The van der Waals surface area contributed by atoms with Gasteiger partial charge in [-0.05, 0) is 34.7 Å². The summed E-state index contributed by atoms with van der Waals surface area (Å²) in [6.07, 6.45) is 0.780. The van der Waals surface area contributed by atoms with E-state index in [0.29, 0.717) is 10.6 Å². The van der Waals surface area contributed by atoms with Crippen LogP contribution in [0.5, 0.6) is 0 Å². The molecule has 0 aliphatic heterocycles. The van der Waals surface area contributed by atoms with Crippen LogP contribution in [0.4, 0.5) is 0 Å². The van der Waals surface area contributed by atoms with E-state index in [0.717, 1.165) is 9.86 Å². The van der Waals surface area contributed by atoms with Gasteiger partial charge in [-0.3, -0.25) is 4.79 Å². The van der Waals surface area contributed by atoms with Crippen LogP contribution in [0.1, 0.15) is 10.4 Å². The van der Waals surface area contributed by atoms with Gasteiger partial charge in [0.25, 0.3) is 0 Å². The summed E-state index contributed by atoms with van der Waals surface area (Å²) < 4.78 is 0.963. The van der Waals surface area contributed by atoms with Crippen LogP contribution in [0.15, 0.2) is 18.2 Å². The first kappa shape index (κ1) is 8.01. The van der Waals surface area contributed by atoms with E-state index in [1.807, 2.05) is 6.07 Å². The van der Waals surface area contributed by atoms with E-state index in [9.17, 15) is 4.79 Å². The molecule has 0 aliphatic carbocycles. The summed E-state index contributed by atoms with van der Waals surface area (Å²) in [6, 6.07) is 5.20. The minimum atomic E-state index is 0.616. The fourth-order valence-electron chi connectivity index (χ4n) is 0.586. The van der Waals surface area contributed by atoms with Crippen LogP contribution in [0, 0.1) is 3.57 Å². The van der Waals surface area contributed by atoms with Crippen LogP contribution < -0.4 is 0 Å². The summed E-state index contributed by atoms with van der Waals surface area (Å²) in [5, 5.41) is 0.630. The number of rotatable bonds is 1. The van der Waals surface area contributed by atoms with E-state index in [2.05, 4.69) is 22.6 Å². The van der Waals surface area contributed by atoms with Gasteiger partial charge >= 0.3 is 0 Å². The summed E-state index contributed by atoms with van der Waals surface area (Å²) in [4.78, 5) is 10.2. The number of aldehydes is 1. The smallest absolute Gasteiger partial charge is 0.150 e. The molecule has 0 amide bonds. The SMILES string of the molecule is O=Cc1ccc(I)c(Cl)c1. The van der Waals surface area contributed by atoms with E-state index in [-0.39, 0.29) is 0 Å². The first-order valence-electron chi connectivity index (χ1n) is 2.64. The Kier molecular flexibility index (Phi) is 2.68. The number of hydrogen-bond donors (Lipinski definition) is 0. The number of carbonyl (C=O) groups is 1. The van der Waals surface area contributed by atoms with Crippen LogP contribution in [-0.4, -0.2) is 6.29 Å². The molecule has 0 heterocycles. The van der Waals surface area contributed by atoms with Crippen molar-refractivity contribution in [1.82, 2.24) is 0 Å². The average molecular weight is 266 g/mol. The summed E-state index contributed by atoms with van der Waals surface area (Å²) in [7, 11) is 0. The van der Waals surface area contributed by atoms with Crippen molar-refractivity contribution >= 4 is 40.5 Å². The van der Waals surface area contributed by atoms with Gasteiger partial charge in [0.1, 0.15) is 6.29 Å². The Hall–Kier alpha value is -0.0900. The lowest BCUT2D eigenvalue weighted by Crippen LogP contribution is -1.80. The highest BCUT2D eigenvalue weighted by atomic mass is 127. The zero-order valence-corrected chi connectivity index (χ0v) is 7.89. The molecule has 10 heavy (non-hydrogen) atoms. The molecule has 0 fully saturated rings. The van der Waals surface area contributed by atoms with Crippen LogP contribution >= 0.6 is 34.2 Å². The van der Waals surface area contributed by atoms with E-state index in [4.69, 9.17) is 11.6 Å². The van der Waals surface area contributed by atoms with E-state index in [1.54, 1.807) is 12.1 Å². The lowest BCUT2D eigenvalue weighted by Gasteiger charge is -1.94. The van der Waals surface area contributed by atoms with Crippen LogP contribution in [0.3, 0.4) is 0 Å². The quantitative estimate of drug-likeness (QED) is 0.564. The maximum absolute atomic E-state index is 10.2. The molecule has 0 aromatic heterocycles. The molecule has 0 spiro atoms. The van der Waals surface area contributed by atoms with Gasteiger partial charge < -0.3 is 0 Å². The molecule has 52 valence electrons. The highest BCUT2D eigenvalue weighted by Crippen LogP contribution is 2.18. The topological polar surface area (TPSA) is 17.1 Å². The predicted molar refractivity (Wildman–Crippen MR) is 49.6 cm³/mol. The fraction of sp³-hybridized carbons (Fsp3) is 0. The molecule has 1 nitrogen and oxygen atoms in total. The Bertz CT molecular complexity index is 260. The second-order valence-corrected chi connectivity index (χ2v) is 3.36. The first-order chi connectivity index (χ1) is 4.74. The molecule has 0 N–H and O–H groups in total. The van der Waals surface area contributed by atoms with Gasteiger partial charge in [-0.1, -0.05) is 17.7 Å². The predicted octanol–water partition coefficient (Wildman–Crippen LogP) is 2.76. The molecule has 0 bridgehead atoms. The molecule has 0 saturated heterocycles. The fourth-order valence-corrected chi connectivity index (χ4v) is 1.11. The summed E-state index contributed by atoms with van der Waals surface area (Å²) >= 11 is 7.84. The minimum absolute atomic E-state index is 0.616. The summed E-state index contributed by atoms with van der Waals surface area (Å²) in [6.45, 7) is 0. The van der Waals surface area contributed by atoms with Crippen LogP contribution in [-0.2, 0) is 0 Å². The standard InChI is InChI=1S/C7H4ClIO/c8-6-3-5(4-10)1-2-7(6)9/h1-4H. The van der Waals surface area contributed by atoms with Crippen LogP contribution in [0.2, 0.25) is 5.02 Å². The van der Waals surface area contributed by atoms with Crippen molar-refractivity contribution in [2.75, 3.05) is 0 Å². The normalized spacial score (nSPS) is 9.40. The second-order valence-electron chi connectivity index (χ2n) is 1.79. The van der Waals surface area contributed by atoms with Gasteiger partial charge in [-0.25, -0.2) is 0 Å². The Morgan fingerprint density at radius 2 is 2.20 bits per heavy atom. The van der Waals surface area contributed by atoms with E-state index in [1.165, 1.54) is 0 Å². The molecule has 0 radical (unpaired) electrons. The third-order valence-electron chi connectivity index (χ3n) is 1.08. The molecule has 1 rings (SSSR count). The molecule has 1 aromatic rings. The van der Waals surface area contributed by atoms with Crippen molar-refractivity contribution in [2.24, 2.45) is 0 Å². The average Bonchev–Trinajstić information content (AvgIpc) is 1.95. The van der Waals surface area contributed by atoms with E-state index >= 15 is 0 Å². The first-order valence-corrected chi connectivity index (χ1v) is 4.10. The molecular weight excluding hydrogens is 262 g/mol. The number of benzene rings is 1. The molecule has 0 atom stereocenters. The van der Waals surface area contributed by atoms with Crippen molar-refractivity contribution in [3.63, 3.8) is 0 Å². The Morgan fingerprint density at radius 1 is 1.50 bits per heavy atom. The summed E-state index contributed by atoms with van der Waals surface area (Å²) in [5.74, 6) is 0.